The first-order chi connectivity index (χ1) is 13.9. The van der Waals surface area contributed by atoms with Crippen molar-refractivity contribution < 1.29 is 9.53 Å². The average molecular weight is 432 g/mol. The molecule has 1 aromatic heterocycles. The maximum Gasteiger partial charge on any atom is 0.262 e. The van der Waals surface area contributed by atoms with E-state index in [0.29, 0.717) is 34.2 Å². The summed E-state index contributed by atoms with van der Waals surface area (Å²) in [6.07, 6.45) is 0. The second-order valence-corrected chi connectivity index (χ2v) is 8.24. The molecule has 8 heteroatoms. The maximum atomic E-state index is 13.0. The fourth-order valence-electron chi connectivity index (χ4n) is 2.90. The second-order valence-electron chi connectivity index (χ2n) is 6.50. The zero-order valence-corrected chi connectivity index (χ0v) is 18.0. The lowest BCUT2D eigenvalue weighted by molar-refractivity contribution is -0.117. The number of hydrogen-bond acceptors (Lipinski definition) is 5. The fraction of sp³-hybridized carbons (Fsp3) is 0.286. The summed E-state index contributed by atoms with van der Waals surface area (Å²) in [6.45, 7) is 2.51. The van der Waals surface area contributed by atoms with E-state index < -0.39 is 5.25 Å². The Morgan fingerprint density at radius 1 is 1.28 bits per heavy atom. The molecule has 0 aliphatic heterocycles. The number of rotatable bonds is 7. The highest BCUT2D eigenvalue weighted by molar-refractivity contribution is 8.00. The lowest BCUT2D eigenvalue weighted by Gasteiger charge is -2.22. The average Bonchev–Trinajstić information content (AvgIpc) is 2.72. The van der Waals surface area contributed by atoms with Gasteiger partial charge in [-0.05, 0) is 37.3 Å². The Morgan fingerprint density at radius 2 is 2.00 bits per heavy atom. The molecule has 3 rings (SSSR count). The normalized spacial score (nSPS) is 12.1. The topological polar surface area (TPSA) is 64.4 Å². The molecular weight excluding hydrogens is 410 g/mol. The van der Waals surface area contributed by atoms with E-state index in [2.05, 4.69) is 4.98 Å². The Hall–Kier alpha value is -2.35. The highest BCUT2D eigenvalue weighted by atomic mass is 35.5. The van der Waals surface area contributed by atoms with E-state index in [4.69, 9.17) is 16.3 Å². The molecule has 152 valence electrons. The highest BCUT2D eigenvalue weighted by Crippen LogP contribution is 2.26. The number of methoxy groups -OCH3 is 1. The van der Waals surface area contributed by atoms with Crippen LogP contribution in [0.4, 0.5) is 5.69 Å². The summed E-state index contributed by atoms with van der Waals surface area (Å²) in [7, 11) is 3.31. The number of carbonyl (C=O) groups is 1. The molecule has 0 aliphatic rings. The number of thioether (sulfide) groups is 1. The molecule has 1 atom stereocenters. The predicted octanol–water partition coefficient (Wildman–Crippen LogP) is 3.84. The monoisotopic (exact) mass is 431 g/mol. The zero-order chi connectivity index (χ0) is 21.0. The van der Waals surface area contributed by atoms with E-state index in [1.807, 2.05) is 30.3 Å². The third-order valence-electron chi connectivity index (χ3n) is 4.51. The Balaban J connectivity index is 1.94. The number of halogens is 1. The number of amides is 1. The van der Waals surface area contributed by atoms with Gasteiger partial charge in [0.05, 0.1) is 29.3 Å². The van der Waals surface area contributed by atoms with Crippen molar-refractivity contribution in [1.29, 1.82) is 0 Å². The minimum Gasteiger partial charge on any atom is -0.383 e. The van der Waals surface area contributed by atoms with Gasteiger partial charge < -0.3 is 9.64 Å². The zero-order valence-electron chi connectivity index (χ0n) is 16.5. The predicted molar refractivity (Wildman–Crippen MR) is 118 cm³/mol. The van der Waals surface area contributed by atoms with Crippen LogP contribution in [-0.2, 0) is 16.1 Å². The van der Waals surface area contributed by atoms with Crippen LogP contribution in [0.3, 0.4) is 0 Å². The summed E-state index contributed by atoms with van der Waals surface area (Å²) in [5, 5.41) is 1.000. The van der Waals surface area contributed by atoms with Crippen molar-refractivity contribution in [2.75, 3.05) is 25.7 Å². The molecule has 1 heterocycles. The summed E-state index contributed by atoms with van der Waals surface area (Å²) in [5.74, 6) is -0.0834. The number of carbonyl (C=O) groups excluding carboxylic acids is 1. The number of fused-ring (bicyclic) bond motifs is 1. The molecule has 0 fully saturated rings. The second kappa shape index (κ2) is 9.43. The van der Waals surface area contributed by atoms with E-state index in [9.17, 15) is 9.59 Å². The SMILES string of the molecule is COCCn1c(SC(C)C(=O)N(C)c2ccccc2)nc2cc(Cl)ccc2c1=O. The van der Waals surface area contributed by atoms with E-state index in [1.54, 1.807) is 48.7 Å². The summed E-state index contributed by atoms with van der Waals surface area (Å²) in [6, 6.07) is 14.4. The lowest BCUT2D eigenvalue weighted by atomic mass is 10.2. The highest BCUT2D eigenvalue weighted by Gasteiger charge is 2.23. The Morgan fingerprint density at radius 3 is 2.69 bits per heavy atom. The molecule has 0 spiro atoms. The van der Waals surface area contributed by atoms with Crippen LogP contribution in [0.1, 0.15) is 6.92 Å². The standard InChI is InChI=1S/C21H22ClN3O3S/c1-14(19(26)24(2)16-7-5-4-6-8-16)29-21-23-18-13-15(22)9-10-17(18)20(27)25(21)11-12-28-3/h4-10,13-14H,11-12H2,1-3H3. The Kier molecular flexibility index (Phi) is 6.95. The molecule has 6 nitrogen and oxygen atoms in total. The van der Waals surface area contributed by atoms with E-state index in [-0.39, 0.29) is 11.5 Å². The minimum atomic E-state index is -0.447. The van der Waals surface area contributed by atoms with Crippen molar-refractivity contribution >= 4 is 45.9 Å². The van der Waals surface area contributed by atoms with Crippen LogP contribution < -0.4 is 10.5 Å². The molecule has 0 N–H and O–H groups in total. The van der Waals surface area contributed by atoms with Gasteiger partial charge in [0.25, 0.3) is 5.56 Å². The Labute approximate surface area is 178 Å². The van der Waals surface area contributed by atoms with E-state index >= 15 is 0 Å². The van der Waals surface area contributed by atoms with Gasteiger partial charge in [0.15, 0.2) is 5.16 Å². The number of hydrogen-bond donors (Lipinski definition) is 0. The van der Waals surface area contributed by atoms with Gasteiger partial charge in [-0.25, -0.2) is 4.98 Å². The Bertz CT molecular complexity index is 1070. The summed E-state index contributed by atoms with van der Waals surface area (Å²) >= 11 is 7.32. The summed E-state index contributed by atoms with van der Waals surface area (Å²) in [4.78, 5) is 32.1. The van der Waals surface area contributed by atoms with E-state index in [1.165, 1.54) is 11.8 Å². The number of nitrogens with zero attached hydrogens (tertiary/aromatic N) is 3. The van der Waals surface area contributed by atoms with Crippen LogP contribution in [0.2, 0.25) is 5.02 Å². The van der Waals surface area contributed by atoms with Crippen LogP contribution in [-0.4, -0.2) is 41.5 Å². The van der Waals surface area contributed by atoms with Gasteiger partial charge in [0.2, 0.25) is 5.91 Å². The van der Waals surface area contributed by atoms with E-state index in [0.717, 1.165) is 5.69 Å². The van der Waals surface area contributed by atoms with Crippen LogP contribution in [0.5, 0.6) is 0 Å². The molecule has 0 bridgehead atoms. The fourth-order valence-corrected chi connectivity index (χ4v) is 4.10. The van der Waals surface area contributed by atoms with Crippen molar-refractivity contribution in [3.63, 3.8) is 0 Å². The molecular formula is C21H22ClN3O3S. The molecule has 0 saturated heterocycles. The van der Waals surface area contributed by atoms with Crippen molar-refractivity contribution in [2.24, 2.45) is 0 Å². The van der Waals surface area contributed by atoms with Gasteiger partial charge in [-0.15, -0.1) is 0 Å². The first-order valence-electron chi connectivity index (χ1n) is 9.10. The van der Waals surface area contributed by atoms with Crippen LogP contribution in [0, 0.1) is 0 Å². The minimum absolute atomic E-state index is 0.0834. The van der Waals surface area contributed by atoms with Gasteiger partial charge in [0, 0.05) is 24.9 Å². The molecule has 29 heavy (non-hydrogen) atoms. The van der Waals surface area contributed by atoms with Gasteiger partial charge in [0.1, 0.15) is 0 Å². The largest absolute Gasteiger partial charge is 0.383 e. The van der Waals surface area contributed by atoms with Crippen molar-refractivity contribution in [3.05, 3.63) is 63.9 Å². The third kappa shape index (κ3) is 4.80. The first-order valence-corrected chi connectivity index (χ1v) is 10.4. The lowest BCUT2D eigenvalue weighted by Crippen LogP contribution is -2.34. The van der Waals surface area contributed by atoms with Crippen molar-refractivity contribution in [2.45, 2.75) is 23.9 Å². The number of benzene rings is 2. The van der Waals surface area contributed by atoms with Crippen molar-refractivity contribution in [3.8, 4) is 0 Å². The number of ether oxygens (including phenoxy) is 1. The number of anilines is 1. The van der Waals surface area contributed by atoms with Gasteiger partial charge in [-0.3, -0.25) is 14.2 Å². The van der Waals surface area contributed by atoms with Crippen LogP contribution >= 0.6 is 23.4 Å². The first kappa shape index (κ1) is 21.4. The number of para-hydroxylation sites is 1. The van der Waals surface area contributed by atoms with Gasteiger partial charge in [-0.1, -0.05) is 41.6 Å². The van der Waals surface area contributed by atoms with Gasteiger partial charge >= 0.3 is 0 Å². The molecule has 3 aromatic rings. The van der Waals surface area contributed by atoms with Crippen LogP contribution in [0.15, 0.2) is 58.5 Å². The molecule has 2 aromatic carbocycles. The quantitative estimate of drug-likeness (QED) is 0.420. The molecule has 1 amide bonds. The van der Waals surface area contributed by atoms with Crippen molar-refractivity contribution in [1.82, 2.24) is 9.55 Å². The number of aromatic nitrogens is 2. The third-order valence-corrected chi connectivity index (χ3v) is 5.82. The molecule has 0 aliphatic carbocycles. The maximum absolute atomic E-state index is 13.0. The van der Waals surface area contributed by atoms with Gasteiger partial charge in [-0.2, -0.15) is 0 Å². The smallest absolute Gasteiger partial charge is 0.262 e. The molecule has 1 unspecified atom stereocenters. The summed E-state index contributed by atoms with van der Waals surface area (Å²) in [5.41, 5.74) is 1.14. The molecule has 0 saturated carbocycles. The van der Waals surface area contributed by atoms with Crippen LogP contribution in [0.25, 0.3) is 10.9 Å². The molecule has 0 radical (unpaired) electrons. The summed E-state index contributed by atoms with van der Waals surface area (Å²) < 4.78 is 6.69.